The predicted octanol–water partition coefficient (Wildman–Crippen LogP) is 4.09. The van der Waals surface area contributed by atoms with E-state index in [1.807, 2.05) is 0 Å². The number of carboxylic acids is 1. The fourth-order valence-electron chi connectivity index (χ4n) is 9.74. The zero-order valence-corrected chi connectivity index (χ0v) is 23.3. The minimum absolute atomic E-state index is 0.125. The van der Waals surface area contributed by atoms with Gasteiger partial charge in [0.2, 0.25) is 5.91 Å². The summed E-state index contributed by atoms with van der Waals surface area (Å²) in [5.74, 6) is 1.78. The molecule has 7 heteroatoms. The highest BCUT2D eigenvalue weighted by Crippen LogP contribution is 2.68. The van der Waals surface area contributed by atoms with Crippen molar-refractivity contribution in [1.29, 1.82) is 0 Å². The van der Waals surface area contributed by atoms with Crippen molar-refractivity contribution in [1.82, 2.24) is 5.32 Å². The fourth-order valence-corrected chi connectivity index (χ4v) is 9.74. The van der Waals surface area contributed by atoms with Gasteiger partial charge in [-0.25, -0.2) is 4.79 Å². The lowest BCUT2D eigenvalue weighted by Crippen LogP contribution is -2.58. The van der Waals surface area contributed by atoms with Crippen LogP contribution < -0.4 is 11.1 Å². The van der Waals surface area contributed by atoms with E-state index in [4.69, 9.17) is 5.73 Å². The summed E-state index contributed by atoms with van der Waals surface area (Å²) in [7, 11) is 0. The number of aliphatic hydroxyl groups is 2. The zero-order chi connectivity index (χ0) is 27.0. The normalized spacial score (nSPS) is 42.7. The number of hydrogen-bond acceptors (Lipinski definition) is 5. The van der Waals surface area contributed by atoms with E-state index >= 15 is 0 Å². The van der Waals surface area contributed by atoms with Gasteiger partial charge in [0.05, 0.1) is 12.2 Å². The number of nitrogens with two attached hydrogens (primary N) is 1. The molecule has 4 fully saturated rings. The summed E-state index contributed by atoms with van der Waals surface area (Å²) >= 11 is 0. The highest BCUT2D eigenvalue weighted by Gasteiger charge is 2.63. The number of nitrogens with one attached hydrogen (secondary N) is 1. The van der Waals surface area contributed by atoms with Crippen molar-refractivity contribution in [3.05, 3.63) is 0 Å². The van der Waals surface area contributed by atoms with Crippen LogP contribution in [-0.4, -0.2) is 52.0 Å². The second kappa shape index (κ2) is 11.5. The van der Waals surface area contributed by atoms with Gasteiger partial charge in [0, 0.05) is 6.42 Å². The van der Waals surface area contributed by atoms with Gasteiger partial charge in [-0.3, -0.25) is 4.79 Å². The number of carboxylic acid groups (broad SMARTS) is 1. The Morgan fingerprint density at radius 1 is 1.00 bits per heavy atom. The molecule has 0 unspecified atom stereocenters. The third kappa shape index (κ3) is 5.47. The molecule has 0 aromatic heterocycles. The third-order valence-electron chi connectivity index (χ3n) is 11.9. The molecule has 0 aromatic rings. The molecular formula is C30H52N2O5. The lowest BCUT2D eigenvalue weighted by atomic mass is 9.43. The van der Waals surface area contributed by atoms with E-state index in [0.29, 0.717) is 67.7 Å². The van der Waals surface area contributed by atoms with Crippen LogP contribution >= 0.6 is 0 Å². The summed E-state index contributed by atoms with van der Waals surface area (Å²) in [6, 6.07) is -0.850. The molecule has 11 atom stereocenters. The lowest BCUT2D eigenvalue weighted by molar-refractivity contribution is -0.175. The van der Waals surface area contributed by atoms with Gasteiger partial charge >= 0.3 is 5.97 Å². The number of amides is 1. The molecule has 0 heterocycles. The van der Waals surface area contributed by atoms with E-state index in [0.717, 1.165) is 44.9 Å². The van der Waals surface area contributed by atoms with Crippen molar-refractivity contribution in [2.45, 2.75) is 122 Å². The minimum atomic E-state index is -0.986. The molecule has 4 saturated carbocycles. The van der Waals surface area contributed by atoms with Crippen molar-refractivity contribution in [3.63, 3.8) is 0 Å². The number of rotatable bonds is 10. The van der Waals surface area contributed by atoms with Crippen LogP contribution in [0.25, 0.3) is 0 Å². The molecule has 4 aliphatic carbocycles. The van der Waals surface area contributed by atoms with Crippen LogP contribution in [0.4, 0.5) is 0 Å². The summed E-state index contributed by atoms with van der Waals surface area (Å²) < 4.78 is 0. The fraction of sp³-hybridized carbons (Fsp3) is 0.933. The first-order valence-electron chi connectivity index (χ1n) is 15.1. The largest absolute Gasteiger partial charge is 0.480 e. The maximum Gasteiger partial charge on any atom is 0.326 e. The number of unbranched alkanes of at least 4 members (excludes halogenated alkanes) is 1. The van der Waals surface area contributed by atoms with E-state index in [1.54, 1.807) is 0 Å². The van der Waals surface area contributed by atoms with Crippen LogP contribution in [0.3, 0.4) is 0 Å². The number of fused-ring (bicyclic) bond motifs is 5. The van der Waals surface area contributed by atoms with Crippen molar-refractivity contribution in [2.24, 2.45) is 52.1 Å². The molecular weight excluding hydrogens is 468 g/mol. The molecule has 4 rings (SSSR count). The third-order valence-corrected chi connectivity index (χ3v) is 11.9. The van der Waals surface area contributed by atoms with Gasteiger partial charge in [-0.2, -0.15) is 0 Å². The van der Waals surface area contributed by atoms with E-state index < -0.39 is 12.0 Å². The Morgan fingerprint density at radius 3 is 2.46 bits per heavy atom. The molecule has 6 N–H and O–H groups in total. The first-order chi connectivity index (χ1) is 17.5. The molecule has 37 heavy (non-hydrogen) atoms. The van der Waals surface area contributed by atoms with Gasteiger partial charge in [-0.05, 0) is 130 Å². The van der Waals surface area contributed by atoms with Crippen LogP contribution in [0, 0.1) is 46.3 Å². The minimum Gasteiger partial charge on any atom is -0.480 e. The van der Waals surface area contributed by atoms with Crippen LogP contribution in [0.15, 0.2) is 0 Å². The van der Waals surface area contributed by atoms with Gasteiger partial charge in [0.25, 0.3) is 0 Å². The summed E-state index contributed by atoms with van der Waals surface area (Å²) in [6.07, 6.45) is 10.8. The SMILES string of the molecule is C[C@H](CCC(=O)N[C@@H](CCCCN)C(=O)O)[C@H]1CC[C@H]2[C@@H]3CC[C@@H]4C[C@H](O)CC[C@]4(C)[C@H]3C[C@H](O)[C@]12C. The number of carbonyl (C=O) groups excluding carboxylic acids is 1. The number of carbonyl (C=O) groups is 2. The summed E-state index contributed by atoms with van der Waals surface area (Å²) in [6.45, 7) is 7.52. The molecule has 1 amide bonds. The van der Waals surface area contributed by atoms with Crippen LogP contribution in [0.1, 0.15) is 104 Å². The molecule has 4 aliphatic rings. The summed E-state index contributed by atoms with van der Waals surface area (Å²) in [5.41, 5.74) is 5.62. The Labute approximate surface area is 223 Å². The number of aliphatic hydroxyl groups excluding tert-OH is 2. The summed E-state index contributed by atoms with van der Waals surface area (Å²) in [5, 5.41) is 34.2. The second-order valence-electron chi connectivity index (χ2n) is 13.6. The van der Waals surface area contributed by atoms with E-state index in [9.17, 15) is 24.9 Å². The van der Waals surface area contributed by atoms with Gasteiger partial charge in [0.15, 0.2) is 0 Å². The smallest absolute Gasteiger partial charge is 0.326 e. The molecule has 0 saturated heterocycles. The number of aliphatic carboxylic acids is 1. The first-order valence-corrected chi connectivity index (χ1v) is 15.1. The quantitative estimate of drug-likeness (QED) is 0.276. The highest BCUT2D eigenvalue weighted by molar-refractivity contribution is 5.83. The van der Waals surface area contributed by atoms with E-state index in [2.05, 4.69) is 26.1 Å². The Kier molecular flexibility index (Phi) is 8.97. The first kappa shape index (κ1) is 28.8. The molecule has 0 spiro atoms. The average molecular weight is 521 g/mol. The van der Waals surface area contributed by atoms with Crippen LogP contribution in [0.2, 0.25) is 0 Å². The Hall–Kier alpha value is -1.18. The van der Waals surface area contributed by atoms with Crippen molar-refractivity contribution in [2.75, 3.05) is 6.54 Å². The Bertz CT molecular complexity index is 822. The van der Waals surface area contributed by atoms with Gasteiger partial charge < -0.3 is 26.4 Å². The number of hydrogen-bond donors (Lipinski definition) is 5. The maximum atomic E-state index is 12.7. The maximum absolute atomic E-state index is 12.7. The molecule has 0 aliphatic heterocycles. The van der Waals surface area contributed by atoms with Gasteiger partial charge in [0.1, 0.15) is 6.04 Å². The van der Waals surface area contributed by atoms with E-state index in [-0.39, 0.29) is 28.9 Å². The highest BCUT2D eigenvalue weighted by atomic mass is 16.4. The molecule has 0 aromatic carbocycles. The molecule has 0 bridgehead atoms. The standard InChI is InChI=1S/C30H52N2O5/c1-18(7-12-27(35)32-25(28(36)37)6-4-5-15-31)22-10-11-23-21-9-8-19-16-20(33)13-14-29(19,2)24(21)17-26(34)30(22,23)3/h18-26,33-34H,4-17,31H2,1-3H3,(H,32,35)(H,36,37)/t18-,19-,20-,21+,22-,23+,24+,25+,26+,29+,30-/m1/s1. The lowest BCUT2D eigenvalue weighted by Gasteiger charge is -2.62. The Morgan fingerprint density at radius 2 is 1.76 bits per heavy atom. The predicted molar refractivity (Wildman–Crippen MR) is 143 cm³/mol. The second-order valence-corrected chi connectivity index (χ2v) is 13.6. The Balaban J connectivity index is 1.37. The van der Waals surface area contributed by atoms with Crippen LogP contribution in [-0.2, 0) is 9.59 Å². The molecule has 0 radical (unpaired) electrons. The monoisotopic (exact) mass is 520 g/mol. The zero-order valence-electron chi connectivity index (χ0n) is 23.3. The van der Waals surface area contributed by atoms with Gasteiger partial charge in [-0.1, -0.05) is 20.8 Å². The molecule has 212 valence electrons. The van der Waals surface area contributed by atoms with Crippen LogP contribution in [0.5, 0.6) is 0 Å². The van der Waals surface area contributed by atoms with Gasteiger partial charge in [-0.15, -0.1) is 0 Å². The summed E-state index contributed by atoms with van der Waals surface area (Å²) in [4.78, 5) is 24.2. The topological polar surface area (TPSA) is 133 Å². The average Bonchev–Trinajstić information content (AvgIpc) is 3.22. The van der Waals surface area contributed by atoms with Crippen molar-refractivity contribution < 1.29 is 24.9 Å². The van der Waals surface area contributed by atoms with Crippen molar-refractivity contribution >= 4 is 11.9 Å². The van der Waals surface area contributed by atoms with Crippen molar-refractivity contribution in [3.8, 4) is 0 Å². The van der Waals surface area contributed by atoms with E-state index in [1.165, 1.54) is 12.8 Å². The molecule has 7 nitrogen and oxygen atoms in total.